The molecule has 2 aliphatic rings. The van der Waals surface area contributed by atoms with E-state index in [0.717, 1.165) is 51.6 Å². The number of aromatic nitrogens is 1. The van der Waals surface area contributed by atoms with Crippen molar-refractivity contribution in [2.45, 2.75) is 38.5 Å². The molecule has 2 saturated heterocycles. The number of rotatable bonds is 4. The van der Waals surface area contributed by atoms with E-state index in [4.69, 9.17) is 14.5 Å². The zero-order valence-corrected chi connectivity index (χ0v) is 14.2. The van der Waals surface area contributed by atoms with Gasteiger partial charge in [0.05, 0.1) is 19.3 Å². The van der Waals surface area contributed by atoms with Crippen LogP contribution in [0.3, 0.4) is 0 Å². The zero-order chi connectivity index (χ0) is 16.1. The largest absolute Gasteiger partial charge is 0.375 e. The molecule has 2 aliphatic heterocycles. The Hall–Kier alpha value is -1.53. The second-order valence-electron chi connectivity index (χ2n) is 6.26. The number of hydrogen-bond donors (Lipinski definition) is 1. The van der Waals surface area contributed by atoms with E-state index < -0.39 is 0 Å². The summed E-state index contributed by atoms with van der Waals surface area (Å²) < 4.78 is 13.8. The molecule has 1 aromatic heterocycles. The number of aliphatic imine (C=N–C) groups is 1. The van der Waals surface area contributed by atoms with Crippen molar-refractivity contribution in [3.8, 4) is 0 Å². The Morgan fingerprint density at radius 2 is 2.22 bits per heavy atom. The first-order valence-electron chi connectivity index (χ1n) is 8.63. The van der Waals surface area contributed by atoms with Gasteiger partial charge in [-0.2, -0.15) is 0 Å². The molecule has 2 unspecified atom stereocenters. The van der Waals surface area contributed by atoms with Gasteiger partial charge in [0.1, 0.15) is 6.10 Å². The molecular formula is C17H28N4O2. The summed E-state index contributed by atoms with van der Waals surface area (Å²) in [5.74, 6) is 0.975. The van der Waals surface area contributed by atoms with Gasteiger partial charge in [0.2, 0.25) is 0 Å². The van der Waals surface area contributed by atoms with E-state index >= 15 is 0 Å². The minimum Gasteiger partial charge on any atom is -0.375 e. The maximum atomic E-state index is 5.93. The van der Waals surface area contributed by atoms with Crippen molar-refractivity contribution in [2.24, 2.45) is 12.0 Å². The van der Waals surface area contributed by atoms with Crippen molar-refractivity contribution in [1.29, 1.82) is 0 Å². The highest BCUT2D eigenvalue weighted by Crippen LogP contribution is 2.21. The molecule has 0 aliphatic carbocycles. The van der Waals surface area contributed by atoms with Crippen LogP contribution in [-0.4, -0.2) is 60.5 Å². The van der Waals surface area contributed by atoms with Gasteiger partial charge in [-0.15, -0.1) is 0 Å². The molecule has 1 N–H and O–H groups in total. The fourth-order valence-electron chi connectivity index (χ4n) is 3.23. The predicted octanol–water partition coefficient (Wildman–Crippen LogP) is 1.37. The fourth-order valence-corrected chi connectivity index (χ4v) is 3.23. The van der Waals surface area contributed by atoms with Crippen LogP contribution in [0.2, 0.25) is 0 Å². The van der Waals surface area contributed by atoms with E-state index in [0.29, 0.717) is 6.54 Å². The summed E-state index contributed by atoms with van der Waals surface area (Å²) in [6.45, 7) is 7.01. The highest BCUT2D eigenvalue weighted by molar-refractivity contribution is 5.80. The zero-order valence-electron chi connectivity index (χ0n) is 14.2. The molecule has 1 aromatic rings. The van der Waals surface area contributed by atoms with Crippen LogP contribution in [0.4, 0.5) is 0 Å². The monoisotopic (exact) mass is 320 g/mol. The third kappa shape index (κ3) is 4.26. The van der Waals surface area contributed by atoms with E-state index in [-0.39, 0.29) is 12.2 Å². The Balaban J connectivity index is 1.64. The molecule has 0 radical (unpaired) electrons. The maximum absolute atomic E-state index is 5.93. The summed E-state index contributed by atoms with van der Waals surface area (Å²) >= 11 is 0. The van der Waals surface area contributed by atoms with Crippen LogP contribution in [0.15, 0.2) is 23.5 Å². The number of nitrogens with zero attached hydrogens (tertiary/aromatic N) is 3. The Morgan fingerprint density at radius 3 is 2.91 bits per heavy atom. The molecule has 3 heterocycles. The molecule has 128 valence electrons. The average molecular weight is 320 g/mol. The fraction of sp³-hybridized carbons (Fsp3) is 0.706. The van der Waals surface area contributed by atoms with Crippen LogP contribution >= 0.6 is 0 Å². The van der Waals surface area contributed by atoms with Crippen LogP contribution in [0.5, 0.6) is 0 Å². The van der Waals surface area contributed by atoms with Gasteiger partial charge in [0, 0.05) is 45.7 Å². The van der Waals surface area contributed by atoms with Crippen molar-refractivity contribution in [1.82, 2.24) is 14.8 Å². The number of morpholine rings is 1. The smallest absolute Gasteiger partial charge is 0.194 e. The van der Waals surface area contributed by atoms with E-state index in [1.807, 2.05) is 7.05 Å². The minimum atomic E-state index is 0.159. The Morgan fingerprint density at radius 1 is 1.35 bits per heavy atom. The molecule has 0 spiro atoms. The van der Waals surface area contributed by atoms with E-state index in [1.54, 1.807) is 0 Å². The summed E-state index contributed by atoms with van der Waals surface area (Å²) in [6, 6.07) is 2.11. The first kappa shape index (κ1) is 16.3. The lowest BCUT2D eigenvalue weighted by Crippen LogP contribution is -2.53. The number of hydrogen-bond acceptors (Lipinski definition) is 3. The van der Waals surface area contributed by atoms with Gasteiger partial charge < -0.3 is 24.3 Å². The molecule has 23 heavy (non-hydrogen) atoms. The SMILES string of the molecule is CCNC(=NCc1ccn(C)c1)N1CCOC(C2CCCO2)C1. The quantitative estimate of drug-likeness (QED) is 0.672. The summed E-state index contributed by atoms with van der Waals surface area (Å²) in [5, 5.41) is 3.41. The second kappa shape index (κ2) is 7.84. The maximum Gasteiger partial charge on any atom is 0.194 e. The number of nitrogens with one attached hydrogen (secondary N) is 1. The molecule has 0 saturated carbocycles. The highest BCUT2D eigenvalue weighted by Gasteiger charge is 2.32. The molecule has 0 aromatic carbocycles. The molecule has 2 fully saturated rings. The summed E-state index contributed by atoms with van der Waals surface area (Å²) in [7, 11) is 2.03. The predicted molar refractivity (Wildman–Crippen MR) is 90.5 cm³/mol. The van der Waals surface area contributed by atoms with E-state index in [1.165, 1.54) is 5.56 Å². The van der Waals surface area contributed by atoms with Gasteiger partial charge in [0.15, 0.2) is 5.96 Å². The van der Waals surface area contributed by atoms with Gasteiger partial charge in [-0.25, -0.2) is 4.99 Å². The molecule has 6 heteroatoms. The normalized spacial score (nSPS) is 25.8. The lowest BCUT2D eigenvalue weighted by molar-refractivity contribution is -0.0817. The summed E-state index contributed by atoms with van der Waals surface area (Å²) in [6.07, 6.45) is 6.83. The van der Waals surface area contributed by atoms with Gasteiger partial charge in [-0.05, 0) is 31.4 Å². The molecule has 6 nitrogen and oxygen atoms in total. The highest BCUT2D eigenvalue weighted by atomic mass is 16.5. The van der Waals surface area contributed by atoms with Crippen molar-refractivity contribution in [3.63, 3.8) is 0 Å². The first-order chi connectivity index (χ1) is 11.3. The molecule has 0 bridgehead atoms. The topological polar surface area (TPSA) is 51.0 Å². The van der Waals surface area contributed by atoms with Gasteiger partial charge in [0.25, 0.3) is 0 Å². The minimum absolute atomic E-state index is 0.159. The third-order valence-electron chi connectivity index (χ3n) is 4.41. The van der Waals surface area contributed by atoms with Crippen molar-refractivity contribution in [2.75, 3.05) is 32.8 Å². The number of ether oxygens (including phenoxy) is 2. The molecule has 0 amide bonds. The van der Waals surface area contributed by atoms with Crippen molar-refractivity contribution >= 4 is 5.96 Å². The van der Waals surface area contributed by atoms with Gasteiger partial charge >= 0.3 is 0 Å². The summed E-state index contributed by atoms with van der Waals surface area (Å²) in [4.78, 5) is 7.11. The summed E-state index contributed by atoms with van der Waals surface area (Å²) in [5.41, 5.74) is 1.23. The van der Waals surface area contributed by atoms with Gasteiger partial charge in [-0.1, -0.05) is 0 Å². The van der Waals surface area contributed by atoms with Gasteiger partial charge in [-0.3, -0.25) is 0 Å². The molecular weight excluding hydrogens is 292 g/mol. The van der Waals surface area contributed by atoms with Crippen LogP contribution in [0.1, 0.15) is 25.3 Å². The van der Waals surface area contributed by atoms with Crippen LogP contribution in [-0.2, 0) is 23.1 Å². The standard InChI is InChI=1S/C17H28N4O2/c1-3-18-17(19-11-14-6-7-20(2)12-14)21-8-10-23-16(13-21)15-5-4-9-22-15/h6-7,12,15-16H,3-5,8-11,13H2,1-2H3,(H,18,19). The van der Waals surface area contributed by atoms with Crippen LogP contribution in [0.25, 0.3) is 0 Å². The second-order valence-corrected chi connectivity index (χ2v) is 6.26. The van der Waals surface area contributed by atoms with Crippen LogP contribution < -0.4 is 5.32 Å². The molecule has 3 rings (SSSR count). The Labute approximate surface area is 138 Å². The molecule has 2 atom stereocenters. The van der Waals surface area contributed by atoms with E-state index in [2.05, 4.69) is 40.2 Å². The van der Waals surface area contributed by atoms with Crippen molar-refractivity contribution < 1.29 is 9.47 Å². The lowest BCUT2D eigenvalue weighted by Gasteiger charge is -2.37. The Kier molecular flexibility index (Phi) is 5.56. The number of aryl methyl sites for hydroxylation is 1. The third-order valence-corrected chi connectivity index (χ3v) is 4.41. The van der Waals surface area contributed by atoms with Crippen LogP contribution in [0, 0.1) is 0 Å². The lowest BCUT2D eigenvalue weighted by atomic mass is 10.1. The van der Waals surface area contributed by atoms with E-state index in [9.17, 15) is 0 Å². The Bertz CT molecular complexity index is 522. The average Bonchev–Trinajstić information content (AvgIpc) is 3.23. The number of guanidine groups is 1. The first-order valence-corrected chi connectivity index (χ1v) is 8.63. The van der Waals surface area contributed by atoms with Crippen molar-refractivity contribution in [3.05, 3.63) is 24.0 Å².